The minimum atomic E-state index is -0.552. The molecular weight excluding hydrogens is 602 g/mol. The summed E-state index contributed by atoms with van der Waals surface area (Å²) in [6.07, 6.45) is 1.00. The van der Waals surface area contributed by atoms with Crippen molar-refractivity contribution in [1.29, 1.82) is 0 Å². The molecule has 2 aromatic carbocycles. The summed E-state index contributed by atoms with van der Waals surface area (Å²) in [5.41, 5.74) is 4.28. The van der Waals surface area contributed by atoms with Gasteiger partial charge in [0, 0.05) is 10.0 Å². The number of amides is 1. The number of hydrogen-bond donors (Lipinski definition) is 1. The zero-order chi connectivity index (χ0) is 22.1. The largest absolute Gasteiger partial charge is 0.492 e. The molecule has 1 N–H and O–H groups in total. The first-order chi connectivity index (χ1) is 14.9. The van der Waals surface area contributed by atoms with Gasteiger partial charge < -0.3 is 19.0 Å². The van der Waals surface area contributed by atoms with E-state index in [9.17, 15) is 4.79 Å². The fourth-order valence-electron chi connectivity index (χ4n) is 3.24. The molecule has 0 aromatic heterocycles. The van der Waals surface area contributed by atoms with E-state index >= 15 is 0 Å². The third-order valence-corrected chi connectivity index (χ3v) is 6.91. The number of hydrogen-bond acceptors (Lipinski definition) is 7. The summed E-state index contributed by atoms with van der Waals surface area (Å²) in [7, 11) is 1.54. The predicted molar refractivity (Wildman–Crippen MR) is 125 cm³/mol. The van der Waals surface area contributed by atoms with E-state index in [1.54, 1.807) is 6.21 Å². The van der Waals surface area contributed by atoms with Crippen LogP contribution in [0.25, 0.3) is 0 Å². The smallest absolute Gasteiger partial charge is 0.289 e. The van der Waals surface area contributed by atoms with E-state index in [4.69, 9.17) is 19.0 Å². The number of carbonyl (C=O) groups is 1. The monoisotopic (exact) mass is 615 g/mol. The molecule has 0 aliphatic carbocycles. The van der Waals surface area contributed by atoms with E-state index in [1.807, 2.05) is 31.2 Å². The Bertz CT molecular complexity index is 1090. The molecule has 0 spiro atoms. The van der Waals surface area contributed by atoms with Crippen molar-refractivity contribution in [3.8, 4) is 17.2 Å². The lowest BCUT2D eigenvalue weighted by atomic mass is 9.93. The molecule has 8 nitrogen and oxygen atoms in total. The number of nitrogens with zero attached hydrogens (tertiary/aromatic N) is 2. The Hall–Kier alpha value is -2.11. The number of halogens is 3. The van der Waals surface area contributed by atoms with Crippen molar-refractivity contribution < 1.29 is 23.8 Å². The quantitative estimate of drug-likeness (QED) is 0.380. The van der Waals surface area contributed by atoms with Gasteiger partial charge in [-0.15, -0.1) is 0 Å². The molecular formula is C20H16Br3N3O5. The third kappa shape index (κ3) is 4.18. The van der Waals surface area contributed by atoms with E-state index in [-0.39, 0.29) is 18.4 Å². The zero-order valence-corrected chi connectivity index (χ0v) is 21.1. The maximum atomic E-state index is 12.6. The molecule has 2 aromatic rings. The van der Waals surface area contributed by atoms with Crippen LogP contribution < -0.4 is 19.6 Å². The highest BCUT2D eigenvalue weighted by Gasteiger charge is 2.41. The van der Waals surface area contributed by atoms with Crippen LogP contribution in [0.15, 0.2) is 47.9 Å². The van der Waals surface area contributed by atoms with Gasteiger partial charge in [-0.05, 0) is 49.6 Å². The molecule has 0 fully saturated rings. The lowest BCUT2D eigenvalue weighted by Gasteiger charge is -2.20. The highest BCUT2D eigenvalue weighted by Crippen LogP contribution is 2.55. The van der Waals surface area contributed by atoms with E-state index < -0.39 is 12.0 Å². The first-order valence-corrected chi connectivity index (χ1v) is 11.5. The van der Waals surface area contributed by atoms with Crippen molar-refractivity contribution >= 4 is 65.6 Å². The molecule has 0 radical (unpaired) electrons. The lowest BCUT2D eigenvalue weighted by molar-refractivity contribution is -0.115. The summed E-state index contributed by atoms with van der Waals surface area (Å²) < 4.78 is 18.8. The highest BCUT2D eigenvalue weighted by atomic mass is 79.9. The second-order valence-electron chi connectivity index (χ2n) is 6.68. The molecule has 2 aliphatic rings. The Labute approximate surface area is 203 Å². The van der Waals surface area contributed by atoms with Gasteiger partial charge in [-0.3, -0.25) is 4.79 Å². The number of fused-ring (bicyclic) bond motifs is 1. The van der Waals surface area contributed by atoms with Crippen LogP contribution >= 0.6 is 47.8 Å². The van der Waals surface area contributed by atoms with Gasteiger partial charge in [-0.1, -0.05) is 40.1 Å². The van der Waals surface area contributed by atoms with Gasteiger partial charge in [0.1, 0.15) is 0 Å². The Balaban J connectivity index is 1.52. The van der Waals surface area contributed by atoms with Crippen molar-refractivity contribution in [3.05, 3.63) is 48.8 Å². The van der Waals surface area contributed by atoms with E-state index in [2.05, 4.69) is 63.5 Å². The molecule has 11 heteroatoms. The number of hydrazone groups is 1. The van der Waals surface area contributed by atoms with E-state index in [0.717, 1.165) is 10.0 Å². The molecule has 0 saturated heterocycles. The van der Waals surface area contributed by atoms with Gasteiger partial charge in [0.2, 0.25) is 12.5 Å². The molecule has 1 amide bonds. The number of nitrogens with one attached hydrogen (secondary N) is 1. The maximum absolute atomic E-state index is 12.6. The molecule has 4 rings (SSSR count). The summed E-state index contributed by atoms with van der Waals surface area (Å²) in [5, 5.41) is 8.02. The average molecular weight is 618 g/mol. The van der Waals surface area contributed by atoms with Crippen LogP contribution in [0, 0.1) is 5.92 Å². The summed E-state index contributed by atoms with van der Waals surface area (Å²) >= 11 is 10.5. The Morgan fingerprint density at radius 3 is 2.61 bits per heavy atom. The number of benzene rings is 2. The number of carbonyl (C=O) groups excluding carboxylic acids is 1. The molecule has 0 saturated carbocycles. The third-order valence-electron chi connectivity index (χ3n) is 4.81. The Morgan fingerprint density at radius 2 is 1.90 bits per heavy atom. The number of methoxy groups -OCH3 is 1. The molecule has 2 heterocycles. The summed E-state index contributed by atoms with van der Waals surface area (Å²) in [4.78, 5) is 18.3. The topological polar surface area (TPSA) is 90.7 Å². The maximum Gasteiger partial charge on any atom is 0.289 e. The minimum Gasteiger partial charge on any atom is -0.492 e. The van der Waals surface area contributed by atoms with Crippen molar-refractivity contribution in [2.24, 2.45) is 16.2 Å². The Morgan fingerprint density at radius 1 is 1.19 bits per heavy atom. The second-order valence-corrected chi connectivity index (χ2v) is 9.18. The number of rotatable bonds is 5. The number of ether oxygens (including phenoxy) is 3. The van der Waals surface area contributed by atoms with Crippen LogP contribution in [0.2, 0.25) is 0 Å². The van der Waals surface area contributed by atoms with Crippen LogP contribution in [0.3, 0.4) is 0 Å². The van der Waals surface area contributed by atoms with Gasteiger partial charge in [0.15, 0.2) is 23.3 Å². The normalized spacial score (nSPS) is 19.3. The zero-order valence-electron chi connectivity index (χ0n) is 16.3. The average Bonchev–Trinajstić information content (AvgIpc) is 3.38. The van der Waals surface area contributed by atoms with Crippen molar-refractivity contribution in [1.82, 2.24) is 5.43 Å². The second kappa shape index (κ2) is 9.17. The van der Waals surface area contributed by atoms with Crippen molar-refractivity contribution in [2.75, 3.05) is 13.9 Å². The first-order valence-electron chi connectivity index (χ1n) is 9.09. The van der Waals surface area contributed by atoms with Gasteiger partial charge in [0.25, 0.3) is 5.91 Å². The van der Waals surface area contributed by atoms with Crippen LogP contribution in [-0.2, 0) is 9.63 Å². The molecule has 0 bridgehead atoms. The summed E-state index contributed by atoms with van der Waals surface area (Å²) in [6.45, 7) is 1.94. The van der Waals surface area contributed by atoms with Gasteiger partial charge in [0.05, 0.1) is 28.2 Å². The molecule has 2 atom stereocenters. The fourth-order valence-corrected chi connectivity index (χ4v) is 5.25. The first kappa shape index (κ1) is 22.1. The number of oxime groups is 1. The van der Waals surface area contributed by atoms with E-state index in [1.165, 1.54) is 7.11 Å². The van der Waals surface area contributed by atoms with Crippen LogP contribution in [-0.4, -0.2) is 31.7 Å². The SMILES string of the molecule is COc1c(Br)c([C@H]2ON=C(C(=O)N/N=C\c3ccc(Br)cc3)[C@H]2C)c(Br)c2c1OCO2. The van der Waals surface area contributed by atoms with Crippen LogP contribution in [0.1, 0.15) is 24.2 Å². The van der Waals surface area contributed by atoms with Crippen molar-refractivity contribution in [3.63, 3.8) is 0 Å². The molecule has 2 aliphatic heterocycles. The van der Waals surface area contributed by atoms with Gasteiger partial charge in [-0.25, -0.2) is 5.43 Å². The van der Waals surface area contributed by atoms with Crippen LogP contribution in [0.5, 0.6) is 17.2 Å². The van der Waals surface area contributed by atoms with Crippen LogP contribution in [0.4, 0.5) is 0 Å². The van der Waals surface area contributed by atoms with Crippen molar-refractivity contribution in [2.45, 2.75) is 13.0 Å². The lowest BCUT2D eigenvalue weighted by Crippen LogP contribution is -2.31. The highest BCUT2D eigenvalue weighted by molar-refractivity contribution is 9.11. The summed E-state index contributed by atoms with van der Waals surface area (Å²) in [6, 6.07) is 7.52. The molecule has 162 valence electrons. The Kier molecular flexibility index (Phi) is 6.54. The summed E-state index contributed by atoms with van der Waals surface area (Å²) in [5.74, 6) is 0.696. The van der Waals surface area contributed by atoms with Gasteiger partial charge in [-0.2, -0.15) is 5.10 Å². The fraction of sp³-hybridized carbons (Fsp3) is 0.250. The minimum absolute atomic E-state index is 0.0851. The van der Waals surface area contributed by atoms with E-state index in [0.29, 0.717) is 31.8 Å². The standard InChI is InChI=1S/C20H16Br3N3O5/c1-9-15(20(27)25-24-7-10-3-5-11(21)6-4-10)26-31-16(9)12-13(22)17(28-2)19-18(14(12)23)29-8-30-19/h3-7,9,16H,8H2,1-2H3,(H,25,27)/b24-7-/t9-,16+/m1/s1. The molecule has 31 heavy (non-hydrogen) atoms. The molecule has 0 unspecified atom stereocenters. The predicted octanol–water partition coefficient (Wildman–Crippen LogP) is 4.93. The van der Waals surface area contributed by atoms with Gasteiger partial charge >= 0.3 is 0 Å².